The summed E-state index contributed by atoms with van der Waals surface area (Å²) in [6.07, 6.45) is 1.17. The summed E-state index contributed by atoms with van der Waals surface area (Å²) in [7, 11) is 0. The molecule has 3 nitrogen and oxygen atoms in total. The Labute approximate surface area is 139 Å². The molecule has 21 heavy (non-hydrogen) atoms. The topological polar surface area (TPSA) is 46.5 Å². The van der Waals surface area contributed by atoms with Gasteiger partial charge in [-0.15, -0.1) is 0 Å². The molecule has 0 unspecified atom stereocenters. The fourth-order valence-electron chi connectivity index (χ4n) is 1.58. The Kier molecular flexibility index (Phi) is 5.59. The summed E-state index contributed by atoms with van der Waals surface area (Å²) < 4.78 is 7.19. The van der Waals surface area contributed by atoms with Gasteiger partial charge in [-0.3, -0.25) is 4.79 Å². The Morgan fingerprint density at radius 1 is 1.00 bits per heavy atom. The molecule has 5 heteroatoms. The first-order valence-electron chi connectivity index (χ1n) is 6.12. The third-order valence-corrected chi connectivity index (χ3v) is 3.69. The molecule has 0 amide bonds. The van der Waals surface area contributed by atoms with Crippen molar-refractivity contribution in [1.82, 2.24) is 0 Å². The number of halogens is 2. The van der Waals surface area contributed by atoms with Gasteiger partial charge >= 0.3 is 0 Å². The molecule has 0 radical (unpaired) electrons. The molecule has 0 aliphatic rings. The Balaban J connectivity index is 1.95. The molecular formula is C16H12Br2O3. The van der Waals surface area contributed by atoms with Gasteiger partial charge in [0, 0.05) is 20.6 Å². The number of ketones is 1. The van der Waals surface area contributed by atoms with E-state index >= 15 is 0 Å². The van der Waals surface area contributed by atoms with E-state index in [-0.39, 0.29) is 18.1 Å². The van der Waals surface area contributed by atoms with Crippen molar-refractivity contribution < 1.29 is 14.6 Å². The fourth-order valence-corrected chi connectivity index (χ4v) is 2.11. The molecule has 0 aromatic heterocycles. The van der Waals surface area contributed by atoms with Crippen LogP contribution >= 0.6 is 31.9 Å². The van der Waals surface area contributed by atoms with E-state index in [9.17, 15) is 9.90 Å². The van der Waals surface area contributed by atoms with E-state index in [0.29, 0.717) is 11.3 Å². The largest absolute Gasteiger partial charge is 0.507 e. The van der Waals surface area contributed by atoms with Crippen LogP contribution in [0.3, 0.4) is 0 Å². The van der Waals surface area contributed by atoms with Crippen molar-refractivity contribution in [1.29, 1.82) is 0 Å². The van der Waals surface area contributed by atoms with E-state index in [1.165, 1.54) is 6.08 Å². The van der Waals surface area contributed by atoms with Crippen molar-refractivity contribution >= 4 is 43.4 Å². The first kappa shape index (κ1) is 15.8. The van der Waals surface area contributed by atoms with Crippen LogP contribution in [0.25, 0.3) is 5.76 Å². The average Bonchev–Trinajstić information content (AvgIpc) is 2.47. The normalized spacial score (nSPS) is 11.2. The highest BCUT2D eigenvalue weighted by atomic mass is 79.9. The molecule has 0 saturated heterocycles. The van der Waals surface area contributed by atoms with Crippen molar-refractivity contribution in [3.63, 3.8) is 0 Å². The van der Waals surface area contributed by atoms with Gasteiger partial charge in [-0.25, -0.2) is 0 Å². The second-order valence-electron chi connectivity index (χ2n) is 4.25. The number of benzene rings is 2. The van der Waals surface area contributed by atoms with Crippen molar-refractivity contribution in [2.75, 3.05) is 6.61 Å². The summed E-state index contributed by atoms with van der Waals surface area (Å²) in [5.41, 5.74) is 0.579. The fraction of sp³-hybridized carbons (Fsp3) is 0.0625. The summed E-state index contributed by atoms with van der Waals surface area (Å²) in [4.78, 5) is 11.8. The lowest BCUT2D eigenvalue weighted by molar-refractivity contribution is -0.116. The molecule has 0 spiro atoms. The summed E-state index contributed by atoms with van der Waals surface area (Å²) in [5, 5.41) is 9.88. The lowest BCUT2D eigenvalue weighted by Gasteiger charge is -2.04. The van der Waals surface area contributed by atoms with Crippen LogP contribution in [0.15, 0.2) is 63.6 Å². The molecule has 2 aromatic rings. The summed E-state index contributed by atoms with van der Waals surface area (Å²) in [6.45, 7) is -0.123. The van der Waals surface area contributed by atoms with Gasteiger partial charge in [0.2, 0.25) is 0 Å². The zero-order valence-corrected chi connectivity index (χ0v) is 14.1. The molecule has 2 aromatic carbocycles. The maximum atomic E-state index is 11.8. The Morgan fingerprint density at radius 3 is 2.10 bits per heavy atom. The van der Waals surface area contributed by atoms with E-state index in [1.54, 1.807) is 36.4 Å². The number of hydrogen-bond acceptors (Lipinski definition) is 3. The highest BCUT2D eigenvalue weighted by molar-refractivity contribution is 9.10. The van der Waals surface area contributed by atoms with Crippen LogP contribution in [0, 0.1) is 0 Å². The van der Waals surface area contributed by atoms with Gasteiger partial charge in [-0.2, -0.15) is 0 Å². The van der Waals surface area contributed by atoms with E-state index in [1.807, 2.05) is 12.1 Å². The molecular weight excluding hydrogens is 400 g/mol. The van der Waals surface area contributed by atoms with Gasteiger partial charge in [-0.1, -0.05) is 44.0 Å². The quantitative estimate of drug-likeness (QED) is 0.569. The molecule has 0 bridgehead atoms. The third kappa shape index (κ3) is 5.02. The van der Waals surface area contributed by atoms with E-state index in [2.05, 4.69) is 31.9 Å². The molecule has 0 aliphatic heterocycles. The second kappa shape index (κ2) is 7.43. The van der Waals surface area contributed by atoms with Gasteiger partial charge in [0.15, 0.2) is 12.4 Å². The maximum Gasteiger partial charge on any atom is 0.196 e. The third-order valence-electron chi connectivity index (χ3n) is 2.63. The SMILES string of the molecule is O=C(C=C(O)c1ccc(Br)cc1)COc1ccc(Br)cc1. The van der Waals surface area contributed by atoms with Crippen LogP contribution in [0.2, 0.25) is 0 Å². The van der Waals surface area contributed by atoms with Crippen molar-refractivity contribution in [2.24, 2.45) is 0 Å². The smallest absolute Gasteiger partial charge is 0.196 e. The Bertz CT molecular complexity index is 646. The van der Waals surface area contributed by atoms with E-state index in [0.717, 1.165) is 8.95 Å². The average molecular weight is 412 g/mol. The highest BCUT2D eigenvalue weighted by Crippen LogP contribution is 2.17. The molecule has 0 heterocycles. The lowest BCUT2D eigenvalue weighted by Crippen LogP contribution is -2.09. The molecule has 0 aliphatic carbocycles. The predicted octanol–water partition coefficient (Wildman–Crippen LogP) is 4.76. The molecule has 2 rings (SSSR count). The number of aliphatic hydroxyl groups excluding tert-OH is 1. The van der Waals surface area contributed by atoms with E-state index < -0.39 is 0 Å². The molecule has 1 N–H and O–H groups in total. The molecule has 108 valence electrons. The van der Waals surface area contributed by atoms with Crippen molar-refractivity contribution in [3.05, 3.63) is 69.1 Å². The minimum absolute atomic E-state index is 0.0769. The highest BCUT2D eigenvalue weighted by Gasteiger charge is 2.05. The van der Waals surface area contributed by atoms with Crippen LogP contribution < -0.4 is 4.74 Å². The molecule has 0 fully saturated rings. The summed E-state index contributed by atoms with van der Waals surface area (Å²) >= 11 is 6.63. The lowest BCUT2D eigenvalue weighted by atomic mass is 10.1. The minimum Gasteiger partial charge on any atom is -0.507 e. The van der Waals surface area contributed by atoms with Gasteiger partial charge in [0.25, 0.3) is 0 Å². The molecule has 0 saturated carbocycles. The number of rotatable bonds is 5. The van der Waals surface area contributed by atoms with Crippen LogP contribution in [0.4, 0.5) is 0 Å². The predicted molar refractivity (Wildman–Crippen MR) is 89.4 cm³/mol. The number of carbonyl (C=O) groups is 1. The molecule has 0 atom stereocenters. The minimum atomic E-state index is -0.307. The van der Waals surface area contributed by atoms with Gasteiger partial charge in [0.05, 0.1) is 0 Å². The summed E-state index contributed by atoms with van der Waals surface area (Å²) in [5.74, 6) is 0.216. The number of ether oxygens (including phenoxy) is 1. The first-order chi connectivity index (χ1) is 10.0. The first-order valence-corrected chi connectivity index (χ1v) is 7.71. The monoisotopic (exact) mass is 410 g/mol. The number of hydrogen-bond donors (Lipinski definition) is 1. The Hall–Kier alpha value is -1.59. The summed E-state index contributed by atoms with van der Waals surface area (Å²) in [6, 6.07) is 14.2. The second-order valence-corrected chi connectivity index (χ2v) is 6.08. The van der Waals surface area contributed by atoms with Gasteiger partial charge in [0.1, 0.15) is 11.5 Å². The van der Waals surface area contributed by atoms with E-state index in [4.69, 9.17) is 4.74 Å². The zero-order chi connectivity index (χ0) is 15.2. The van der Waals surface area contributed by atoms with Crippen LogP contribution in [-0.2, 0) is 4.79 Å². The van der Waals surface area contributed by atoms with Gasteiger partial charge in [-0.05, 0) is 36.4 Å². The van der Waals surface area contributed by atoms with Crippen molar-refractivity contribution in [2.45, 2.75) is 0 Å². The zero-order valence-electron chi connectivity index (χ0n) is 10.9. The number of carbonyl (C=O) groups excluding carboxylic acids is 1. The Morgan fingerprint density at radius 2 is 1.52 bits per heavy atom. The van der Waals surface area contributed by atoms with Gasteiger partial charge < -0.3 is 9.84 Å². The van der Waals surface area contributed by atoms with Crippen LogP contribution in [0.1, 0.15) is 5.56 Å². The van der Waals surface area contributed by atoms with Crippen LogP contribution in [-0.4, -0.2) is 17.5 Å². The standard InChI is InChI=1S/C16H12Br2O3/c17-12-3-1-11(2-4-12)16(20)9-14(19)10-21-15-7-5-13(18)6-8-15/h1-9,20H,10H2. The van der Waals surface area contributed by atoms with Crippen molar-refractivity contribution in [3.8, 4) is 5.75 Å². The number of aliphatic hydroxyl groups is 1. The van der Waals surface area contributed by atoms with Crippen LogP contribution in [0.5, 0.6) is 5.75 Å². The maximum absolute atomic E-state index is 11.8.